The fourth-order valence-electron chi connectivity index (χ4n) is 1.87. The topological polar surface area (TPSA) is 54.2 Å². The molecule has 0 spiro atoms. The SMILES string of the molecule is Cc1nn(C)c(C)c1/C=N\NC(=S)Nc1ccc(Cl)c(Cl)c1. The van der Waals surface area contributed by atoms with Crippen molar-refractivity contribution in [2.75, 3.05) is 5.32 Å². The molecule has 1 aromatic heterocycles. The van der Waals surface area contributed by atoms with Gasteiger partial charge in [-0.15, -0.1) is 0 Å². The molecule has 0 saturated heterocycles. The van der Waals surface area contributed by atoms with Crippen molar-refractivity contribution < 1.29 is 0 Å². The van der Waals surface area contributed by atoms with E-state index >= 15 is 0 Å². The third kappa shape index (κ3) is 3.97. The molecule has 0 saturated carbocycles. The quantitative estimate of drug-likeness (QED) is 0.501. The lowest BCUT2D eigenvalue weighted by atomic mass is 10.2. The summed E-state index contributed by atoms with van der Waals surface area (Å²) in [6, 6.07) is 5.17. The summed E-state index contributed by atoms with van der Waals surface area (Å²) >= 11 is 17.0. The van der Waals surface area contributed by atoms with Gasteiger partial charge in [0.1, 0.15) is 0 Å². The minimum atomic E-state index is 0.355. The molecule has 22 heavy (non-hydrogen) atoms. The first-order valence-electron chi connectivity index (χ1n) is 6.44. The number of anilines is 1. The van der Waals surface area contributed by atoms with Crippen LogP contribution < -0.4 is 10.7 Å². The lowest BCUT2D eigenvalue weighted by Gasteiger charge is -2.07. The summed E-state index contributed by atoms with van der Waals surface area (Å²) in [5, 5.41) is 12.7. The van der Waals surface area contributed by atoms with Crippen molar-refractivity contribution in [1.82, 2.24) is 15.2 Å². The molecule has 0 radical (unpaired) electrons. The number of hydrogen-bond acceptors (Lipinski definition) is 3. The molecule has 2 rings (SSSR count). The van der Waals surface area contributed by atoms with Gasteiger partial charge < -0.3 is 5.32 Å². The van der Waals surface area contributed by atoms with Gasteiger partial charge >= 0.3 is 0 Å². The molecule has 0 aliphatic rings. The second-order valence-electron chi connectivity index (χ2n) is 4.66. The van der Waals surface area contributed by atoms with Gasteiger partial charge in [-0.2, -0.15) is 10.2 Å². The Morgan fingerprint density at radius 2 is 2.05 bits per heavy atom. The van der Waals surface area contributed by atoms with E-state index in [0.717, 1.165) is 22.6 Å². The van der Waals surface area contributed by atoms with Crippen LogP contribution in [-0.2, 0) is 7.05 Å². The van der Waals surface area contributed by atoms with Gasteiger partial charge in [0.15, 0.2) is 5.11 Å². The number of halogens is 2. The Kier molecular flexibility index (Phi) is 5.39. The molecule has 2 aromatic rings. The minimum absolute atomic E-state index is 0.355. The molecule has 0 aliphatic carbocycles. The Bertz CT molecular complexity index is 739. The highest BCUT2D eigenvalue weighted by Gasteiger charge is 2.06. The van der Waals surface area contributed by atoms with Crippen molar-refractivity contribution in [1.29, 1.82) is 0 Å². The average molecular weight is 356 g/mol. The highest BCUT2D eigenvalue weighted by Crippen LogP contribution is 2.24. The van der Waals surface area contributed by atoms with Crippen LogP contribution >= 0.6 is 35.4 Å². The molecule has 1 aromatic carbocycles. The van der Waals surface area contributed by atoms with E-state index in [-0.39, 0.29) is 0 Å². The molecule has 8 heteroatoms. The van der Waals surface area contributed by atoms with Gasteiger partial charge in [-0.1, -0.05) is 23.2 Å². The summed E-state index contributed by atoms with van der Waals surface area (Å²) in [5.41, 5.74) is 6.40. The van der Waals surface area contributed by atoms with Gasteiger partial charge in [0, 0.05) is 24.0 Å². The average Bonchev–Trinajstić information content (AvgIpc) is 2.69. The summed E-state index contributed by atoms with van der Waals surface area (Å²) < 4.78 is 1.81. The van der Waals surface area contributed by atoms with Crippen molar-refractivity contribution in [3.63, 3.8) is 0 Å². The predicted molar refractivity (Wildman–Crippen MR) is 96.1 cm³/mol. The van der Waals surface area contributed by atoms with Gasteiger partial charge in [-0.25, -0.2) is 0 Å². The zero-order valence-electron chi connectivity index (χ0n) is 12.3. The lowest BCUT2D eigenvalue weighted by Crippen LogP contribution is -2.23. The first-order valence-corrected chi connectivity index (χ1v) is 7.60. The Hall–Kier alpha value is -1.63. The van der Waals surface area contributed by atoms with E-state index in [2.05, 4.69) is 20.9 Å². The number of benzene rings is 1. The van der Waals surface area contributed by atoms with E-state index in [0.29, 0.717) is 15.2 Å². The van der Waals surface area contributed by atoms with Crippen molar-refractivity contribution >= 4 is 52.4 Å². The van der Waals surface area contributed by atoms with E-state index in [1.54, 1.807) is 24.4 Å². The molecule has 0 bridgehead atoms. The summed E-state index contributed by atoms with van der Waals surface area (Å²) in [4.78, 5) is 0. The number of nitrogens with zero attached hydrogens (tertiary/aromatic N) is 3. The number of nitrogens with one attached hydrogen (secondary N) is 2. The van der Waals surface area contributed by atoms with Gasteiger partial charge in [-0.3, -0.25) is 10.1 Å². The van der Waals surface area contributed by atoms with Crippen molar-refractivity contribution in [2.24, 2.45) is 12.1 Å². The molecule has 116 valence electrons. The Morgan fingerprint density at radius 3 is 2.64 bits per heavy atom. The van der Waals surface area contributed by atoms with Crippen molar-refractivity contribution in [3.8, 4) is 0 Å². The van der Waals surface area contributed by atoms with Crippen LogP contribution in [0.5, 0.6) is 0 Å². The number of aryl methyl sites for hydroxylation is 2. The second-order valence-corrected chi connectivity index (χ2v) is 5.88. The molecule has 5 nitrogen and oxygen atoms in total. The standard InChI is InChI=1S/C14H15Cl2N5S/c1-8-11(9(2)21(3)20-8)7-17-19-14(22)18-10-4-5-12(15)13(16)6-10/h4-7H,1-3H3,(H2,18,19,22)/b17-7-. The molecule has 0 unspecified atom stereocenters. The van der Waals surface area contributed by atoms with Crippen LogP contribution in [0.1, 0.15) is 17.0 Å². The van der Waals surface area contributed by atoms with Crippen molar-refractivity contribution in [2.45, 2.75) is 13.8 Å². The van der Waals surface area contributed by atoms with E-state index in [1.165, 1.54) is 0 Å². The van der Waals surface area contributed by atoms with Crippen LogP contribution in [0, 0.1) is 13.8 Å². The number of aromatic nitrogens is 2. The first-order chi connectivity index (χ1) is 10.4. The summed E-state index contributed by atoms with van der Waals surface area (Å²) in [5.74, 6) is 0. The maximum Gasteiger partial charge on any atom is 0.191 e. The van der Waals surface area contributed by atoms with Gasteiger partial charge in [0.2, 0.25) is 0 Å². The van der Waals surface area contributed by atoms with Gasteiger partial charge in [-0.05, 0) is 44.3 Å². The van der Waals surface area contributed by atoms with Crippen LogP contribution in [0.3, 0.4) is 0 Å². The largest absolute Gasteiger partial charge is 0.331 e. The first kappa shape index (κ1) is 16.7. The lowest BCUT2D eigenvalue weighted by molar-refractivity contribution is 0.731. The van der Waals surface area contributed by atoms with Crippen molar-refractivity contribution in [3.05, 3.63) is 45.2 Å². The number of rotatable bonds is 3. The molecular formula is C14H15Cl2N5S. The van der Waals surface area contributed by atoms with Crippen LogP contribution in [0.2, 0.25) is 10.0 Å². The maximum absolute atomic E-state index is 5.94. The molecular weight excluding hydrogens is 341 g/mol. The monoisotopic (exact) mass is 355 g/mol. The van der Waals surface area contributed by atoms with Gasteiger partial charge in [0.05, 0.1) is 22.0 Å². The normalized spacial score (nSPS) is 11.0. The fourth-order valence-corrected chi connectivity index (χ4v) is 2.33. The molecule has 0 atom stereocenters. The fraction of sp³-hybridized carbons (Fsp3) is 0.214. The van der Waals surface area contributed by atoms with E-state index in [9.17, 15) is 0 Å². The molecule has 0 amide bonds. The third-order valence-corrected chi connectivity index (χ3v) is 4.03. The zero-order valence-corrected chi connectivity index (χ0v) is 14.6. The highest BCUT2D eigenvalue weighted by atomic mass is 35.5. The summed E-state index contributed by atoms with van der Waals surface area (Å²) in [6.07, 6.45) is 1.69. The number of hydrazone groups is 1. The molecule has 1 heterocycles. The van der Waals surface area contributed by atoms with Crippen LogP contribution in [0.15, 0.2) is 23.3 Å². The molecule has 0 aliphatic heterocycles. The second kappa shape index (κ2) is 7.09. The Labute approximate surface area is 144 Å². The van der Waals surface area contributed by atoms with E-state index in [4.69, 9.17) is 35.4 Å². The number of hydrogen-bond donors (Lipinski definition) is 2. The zero-order chi connectivity index (χ0) is 16.3. The molecule has 2 N–H and O–H groups in total. The van der Waals surface area contributed by atoms with E-state index < -0.39 is 0 Å². The van der Waals surface area contributed by atoms with Crippen LogP contribution in [0.25, 0.3) is 0 Å². The summed E-state index contributed by atoms with van der Waals surface area (Å²) in [7, 11) is 1.89. The Balaban J connectivity index is 1.97. The van der Waals surface area contributed by atoms with Crippen LogP contribution in [-0.4, -0.2) is 21.1 Å². The smallest absolute Gasteiger partial charge is 0.191 e. The third-order valence-electron chi connectivity index (χ3n) is 3.10. The number of thiocarbonyl (C=S) groups is 1. The maximum atomic E-state index is 5.94. The van der Waals surface area contributed by atoms with Crippen LogP contribution in [0.4, 0.5) is 5.69 Å². The predicted octanol–water partition coefficient (Wildman–Crippen LogP) is 3.66. The minimum Gasteiger partial charge on any atom is -0.331 e. The van der Waals surface area contributed by atoms with Gasteiger partial charge in [0.25, 0.3) is 0 Å². The molecule has 0 fully saturated rings. The Morgan fingerprint density at radius 1 is 1.32 bits per heavy atom. The highest BCUT2D eigenvalue weighted by molar-refractivity contribution is 7.80. The summed E-state index contributed by atoms with van der Waals surface area (Å²) in [6.45, 7) is 3.91. The van der Waals surface area contributed by atoms with E-state index in [1.807, 2.05) is 25.6 Å².